The Labute approximate surface area is 96.4 Å². The summed E-state index contributed by atoms with van der Waals surface area (Å²) in [5, 5.41) is 12.4. The molecule has 0 amide bonds. The molecule has 0 saturated carbocycles. The maximum Gasteiger partial charge on any atom is 0.325 e. The van der Waals surface area contributed by atoms with Gasteiger partial charge < -0.3 is 15.2 Å². The van der Waals surface area contributed by atoms with Gasteiger partial charge in [-0.05, 0) is 24.6 Å². The lowest BCUT2D eigenvalue weighted by atomic mass is 10.2. The number of hydrogen-bond acceptors (Lipinski definition) is 4. The molecule has 15 heavy (non-hydrogen) atoms. The first-order chi connectivity index (χ1) is 7.06. The number of ether oxygens (including phenoxy) is 1. The molecule has 0 bridgehead atoms. The van der Waals surface area contributed by atoms with Gasteiger partial charge in [-0.3, -0.25) is 4.79 Å². The zero-order valence-electron chi connectivity index (χ0n) is 8.50. The van der Waals surface area contributed by atoms with Crippen molar-refractivity contribution in [1.29, 1.82) is 0 Å². The van der Waals surface area contributed by atoms with Gasteiger partial charge in [0.15, 0.2) is 0 Å². The molecule has 1 rings (SSSR count). The number of halogens is 1. The number of aromatic hydroxyl groups is 1. The van der Waals surface area contributed by atoms with Crippen molar-refractivity contribution in [2.75, 3.05) is 19.0 Å². The van der Waals surface area contributed by atoms with Crippen LogP contribution in [0.4, 0.5) is 5.69 Å². The third kappa shape index (κ3) is 2.86. The first kappa shape index (κ1) is 11.8. The second-order valence-electron chi connectivity index (χ2n) is 3.00. The Balaban J connectivity index is 2.84. The van der Waals surface area contributed by atoms with E-state index in [-0.39, 0.29) is 18.3 Å². The summed E-state index contributed by atoms with van der Waals surface area (Å²) in [4.78, 5) is 10.9. The zero-order chi connectivity index (χ0) is 11.4. The molecule has 0 fully saturated rings. The van der Waals surface area contributed by atoms with Crippen molar-refractivity contribution in [3.63, 3.8) is 0 Å². The predicted octanol–water partition coefficient (Wildman–Crippen LogP) is 2.05. The predicted molar refractivity (Wildman–Crippen MR) is 61.0 cm³/mol. The van der Waals surface area contributed by atoms with Gasteiger partial charge in [0.2, 0.25) is 0 Å². The summed E-state index contributed by atoms with van der Waals surface area (Å²) in [5.41, 5.74) is 1.38. The van der Waals surface area contributed by atoms with Gasteiger partial charge in [-0.15, -0.1) is 0 Å². The Kier molecular flexibility index (Phi) is 3.96. The van der Waals surface area contributed by atoms with Gasteiger partial charge in [0, 0.05) is 4.47 Å². The van der Waals surface area contributed by atoms with E-state index in [1.165, 1.54) is 7.11 Å². The van der Waals surface area contributed by atoms with Gasteiger partial charge in [0.05, 0.1) is 12.8 Å². The van der Waals surface area contributed by atoms with Crippen LogP contribution in [-0.2, 0) is 9.53 Å². The molecule has 0 atom stereocenters. The van der Waals surface area contributed by atoms with E-state index in [9.17, 15) is 9.90 Å². The van der Waals surface area contributed by atoms with Crippen molar-refractivity contribution in [3.05, 3.63) is 22.2 Å². The molecule has 0 heterocycles. The molecule has 0 aliphatic carbocycles. The van der Waals surface area contributed by atoms with Crippen LogP contribution in [0.15, 0.2) is 16.6 Å². The number of anilines is 1. The van der Waals surface area contributed by atoms with E-state index in [0.29, 0.717) is 5.69 Å². The minimum atomic E-state index is -0.381. The second-order valence-corrected chi connectivity index (χ2v) is 3.85. The molecular weight excluding hydrogens is 262 g/mol. The van der Waals surface area contributed by atoms with Crippen LogP contribution in [0.2, 0.25) is 0 Å². The summed E-state index contributed by atoms with van der Waals surface area (Å²) < 4.78 is 5.36. The van der Waals surface area contributed by atoms with Crippen molar-refractivity contribution in [3.8, 4) is 5.75 Å². The van der Waals surface area contributed by atoms with Crippen LogP contribution in [0, 0.1) is 6.92 Å². The Bertz CT molecular complexity index is 379. The average Bonchev–Trinajstić information content (AvgIpc) is 2.23. The Morgan fingerprint density at radius 1 is 1.60 bits per heavy atom. The zero-order valence-corrected chi connectivity index (χ0v) is 10.1. The van der Waals surface area contributed by atoms with Crippen molar-refractivity contribution >= 4 is 27.6 Å². The maximum atomic E-state index is 10.9. The molecule has 0 aliphatic heterocycles. The van der Waals surface area contributed by atoms with Gasteiger partial charge >= 0.3 is 5.97 Å². The van der Waals surface area contributed by atoms with Gasteiger partial charge in [-0.25, -0.2) is 0 Å². The van der Waals surface area contributed by atoms with Crippen molar-refractivity contribution in [2.24, 2.45) is 0 Å². The third-order valence-corrected chi connectivity index (χ3v) is 2.87. The highest BCUT2D eigenvalue weighted by Crippen LogP contribution is 2.32. The monoisotopic (exact) mass is 273 g/mol. The lowest BCUT2D eigenvalue weighted by molar-refractivity contribution is -0.138. The van der Waals surface area contributed by atoms with E-state index in [1.807, 2.05) is 6.92 Å². The Morgan fingerprint density at radius 2 is 2.27 bits per heavy atom. The van der Waals surface area contributed by atoms with Gasteiger partial charge in [-0.1, -0.05) is 15.9 Å². The number of carbonyl (C=O) groups excluding carboxylic acids is 1. The summed E-state index contributed by atoms with van der Waals surface area (Å²) in [6.45, 7) is 1.87. The molecule has 0 aromatic heterocycles. The second kappa shape index (κ2) is 5.02. The van der Waals surface area contributed by atoms with E-state index in [0.717, 1.165) is 10.0 Å². The molecule has 1 aromatic rings. The number of phenolic OH excluding ortho intramolecular Hbond substituents is 1. The molecule has 5 heteroatoms. The van der Waals surface area contributed by atoms with Crippen molar-refractivity contribution < 1.29 is 14.6 Å². The normalized spacial score (nSPS) is 9.80. The van der Waals surface area contributed by atoms with E-state index < -0.39 is 0 Å². The molecular formula is C10H12BrNO3. The fourth-order valence-electron chi connectivity index (χ4n) is 1.13. The highest BCUT2D eigenvalue weighted by Gasteiger charge is 2.09. The van der Waals surface area contributed by atoms with E-state index in [2.05, 4.69) is 26.0 Å². The van der Waals surface area contributed by atoms with E-state index >= 15 is 0 Å². The largest absolute Gasteiger partial charge is 0.506 e. The smallest absolute Gasteiger partial charge is 0.325 e. The standard InChI is InChI=1S/C10H12BrNO3/c1-6-7(11)3-4-8(13)10(6)12-5-9(14)15-2/h3-4,12-13H,5H2,1-2H3. The number of carbonyl (C=O) groups is 1. The molecule has 0 aliphatic rings. The number of phenols is 1. The number of rotatable bonds is 3. The van der Waals surface area contributed by atoms with E-state index in [1.54, 1.807) is 12.1 Å². The quantitative estimate of drug-likeness (QED) is 0.654. The Hall–Kier alpha value is -1.23. The Morgan fingerprint density at radius 3 is 2.87 bits per heavy atom. The molecule has 0 spiro atoms. The highest BCUT2D eigenvalue weighted by molar-refractivity contribution is 9.10. The first-order valence-electron chi connectivity index (χ1n) is 4.35. The van der Waals surface area contributed by atoms with Gasteiger partial charge in [0.1, 0.15) is 12.3 Å². The summed E-state index contributed by atoms with van der Waals surface area (Å²) in [6.07, 6.45) is 0. The number of esters is 1. The van der Waals surface area contributed by atoms with Crippen LogP contribution in [0.3, 0.4) is 0 Å². The summed E-state index contributed by atoms with van der Waals surface area (Å²) >= 11 is 3.34. The molecule has 0 unspecified atom stereocenters. The minimum Gasteiger partial charge on any atom is -0.506 e. The average molecular weight is 274 g/mol. The highest BCUT2D eigenvalue weighted by atomic mass is 79.9. The third-order valence-electron chi connectivity index (χ3n) is 2.01. The van der Waals surface area contributed by atoms with Crippen LogP contribution < -0.4 is 5.32 Å². The van der Waals surface area contributed by atoms with E-state index in [4.69, 9.17) is 0 Å². The minimum absolute atomic E-state index is 0.0291. The van der Waals surface area contributed by atoms with Crippen molar-refractivity contribution in [2.45, 2.75) is 6.92 Å². The summed E-state index contributed by atoms with van der Waals surface area (Å²) in [6, 6.07) is 3.30. The molecule has 2 N–H and O–H groups in total. The van der Waals surface area contributed by atoms with Crippen LogP contribution in [0.1, 0.15) is 5.56 Å². The number of hydrogen-bond donors (Lipinski definition) is 2. The van der Waals surface area contributed by atoms with Crippen LogP contribution in [0.5, 0.6) is 5.75 Å². The van der Waals surface area contributed by atoms with Crippen LogP contribution >= 0.6 is 15.9 Å². The van der Waals surface area contributed by atoms with Gasteiger partial charge in [-0.2, -0.15) is 0 Å². The summed E-state index contributed by atoms with van der Waals surface area (Å²) in [7, 11) is 1.32. The topological polar surface area (TPSA) is 58.6 Å². The maximum absolute atomic E-state index is 10.9. The molecule has 0 radical (unpaired) electrons. The first-order valence-corrected chi connectivity index (χ1v) is 5.14. The molecule has 4 nitrogen and oxygen atoms in total. The van der Waals surface area contributed by atoms with Gasteiger partial charge in [0.25, 0.3) is 0 Å². The molecule has 0 saturated heterocycles. The van der Waals surface area contributed by atoms with Crippen LogP contribution in [-0.4, -0.2) is 24.7 Å². The number of nitrogens with one attached hydrogen (secondary N) is 1. The fourth-order valence-corrected chi connectivity index (χ4v) is 1.46. The van der Waals surface area contributed by atoms with Crippen LogP contribution in [0.25, 0.3) is 0 Å². The molecule has 1 aromatic carbocycles. The lowest BCUT2D eigenvalue weighted by Crippen LogP contribution is -2.15. The fraction of sp³-hybridized carbons (Fsp3) is 0.300. The number of benzene rings is 1. The summed E-state index contributed by atoms with van der Waals surface area (Å²) in [5.74, 6) is -0.270. The molecule has 82 valence electrons. The lowest BCUT2D eigenvalue weighted by Gasteiger charge is -2.11. The number of methoxy groups -OCH3 is 1. The SMILES string of the molecule is COC(=O)CNc1c(O)ccc(Br)c1C. The van der Waals surface area contributed by atoms with Crippen molar-refractivity contribution in [1.82, 2.24) is 0 Å².